The van der Waals surface area contributed by atoms with Crippen LogP contribution in [0.5, 0.6) is 0 Å². The Morgan fingerprint density at radius 3 is 1.64 bits per heavy atom. The Hall–Kier alpha value is -2.34. The number of hydrogen-bond donors (Lipinski definition) is 0. The molecule has 0 saturated carbocycles. The minimum Gasteiger partial charge on any atom is -0.0984 e. The zero-order valence-electron chi connectivity index (χ0n) is 19.9. The van der Waals surface area contributed by atoms with E-state index in [2.05, 4.69) is 84.7 Å². The maximum atomic E-state index is 3.97. The number of allylic oxidation sites excluding steroid dienone is 1. The van der Waals surface area contributed by atoms with Gasteiger partial charge >= 0.3 is 0 Å². The van der Waals surface area contributed by atoms with Crippen LogP contribution in [-0.2, 0) is 0 Å². The summed E-state index contributed by atoms with van der Waals surface area (Å²) in [6.07, 6.45) is 4.84. The molecule has 0 fully saturated rings. The van der Waals surface area contributed by atoms with Crippen LogP contribution in [0.3, 0.4) is 0 Å². The highest BCUT2D eigenvalue weighted by Crippen LogP contribution is 2.24. The molecular formula is C28H42. The van der Waals surface area contributed by atoms with Gasteiger partial charge in [0.2, 0.25) is 0 Å². The summed E-state index contributed by atoms with van der Waals surface area (Å²) in [4.78, 5) is 0. The highest BCUT2D eigenvalue weighted by atomic mass is 14.1. The summed E-state index contributed by atoms with van der Waals surface area (Å²) in [5.41, 5.74) is 10.1. The highest BCUT2D eigenvalue weighted by molar-refractivity contribution is 5.70. The van der Waals surface area contributed by atoms with Crippen LogP contribution in [0.4, 0.5) is 0 Å². The van der Waals surface area contributed by atoms with Gasteiger partial charge in [-0.1, -0.05) is 102 Å². The monoisotopic (exact) mass is 378 g/mol. The van der Waals surface area contributed by atoms with Crippen LogP contribution >= 0.6 is 0 Å². The van der Waals surface area contributed by atoms with E-state index in [4.69, 9.17) is 0 Å². The zero-order valence-corrected chi connectivity index (χ0v) is 19.9. The van der Waals surface area contributed by atoms with E-state index >= 15 is 0 Å². The first-order valence-corrected chi connectivity index (χ1v) is 10.5. The summed E-state index contributed by atoms with van der Waals surface area (Å²) in [5.74, 6) is 0. The SMILES string of the molecule is C=C(CC)c1ccc(C)cc1.C=Cc1c(C)cc(C)c(C)c1C=C.CC.CC. The van der Waals surface area contributed by atoms with Gasteiger partial charge in [-0.25, -0.2) is 0 Å². The predicted molar refractivity (Wildman–Crippen MR) is 134 cm³/mol. The molecule has 0 spiro atoms. The lowest BCUT2D eigenvalue weighted by molar-refractivity contribution is 1.24. The maximum absolute atomic E-state index is 3.97. The average molecular weight is 379 g/mol. The molecule has 0 radical (unpaired) electrons. The topological polar surface area (TPSA) is 0 Å². The van der Waals surface area contributed by atoms with E-state index in [1.165, 1.54) is 44.5 Å². The molecule has 28 heavy (non-hydrogen) atoms. The van der Waals surface area contributed by atoms with Crippen molar-refractivity contribution < 1.29 is 0 Å². The van der Waals surface area contributed by atoms with Crippen LogP contribution in [0.1, 0.15) is 80.0 Å². The predicted octanol–water partition coefficient (Wildman–Crippen LogP) is 9.37. The van der Waals surface area contributed by atoms with Gasteiger partial charge in [-0.05, 0) is 73.1 Å². The fraction of sp³-hybridized carbons (Fsp3) is 0.357. The Balaban J connectivity index is 0. The lowest BCUT2D eigenvalue weighted by atomic mass is 9.93. The minimum absolute atomic E-state index is 1.03. The van der Waals surface area contributed by atoms with Crippen molar-refractivity contribution in [1.82, 2.24) is 0 Å². The normalized spacial score (nSPS) is 8.75. The lowest BCUT2D eigenvalue weighted by Crippen LogP contribution is -1.93. The standard InChI is InChI=1S/C13H16.C11H14.2C2H6/c1-6-12-10(4)8-9(3)11(5)13(12)7-2;1-4-10(3)11-7-5-9(2)6-8-11;2*1-2/h6-8H,1-2H2,3-5H3;5-8H,3-4H2,1-2H3;2*1-2H3. The molecule has 0 heteroatoms. The van der Waals surface area contributed by atoms with Gasteiger partial charge < -0.3 is 0 Å². The first kappa shape index (κ1) is 27.9. The molecule has 0 aliphatic rings. The quantitative estimate of drug-likeness (QED) is 0.497. The maximum Gasteiger partial charge on any atom is -0.0156 e. The minimum atomic E-state index is 1.03. The highest BCUT2D eigenvalue weighted by Gasteiger charge is 2.05. The van der Waals surface area contributed by atoms with Crippen molar-refractivity contribution in [3.63, 3.8) is 0 Å². The molecule has 0 amide bonds. The fourth-order valence-corrected chi connectivity index (χ4v) is 2.66. The molecule has 0 heterocycles. The third kappa shape index (κ3) is 8.57. The van der Waals surface area contributed by atoms with Crippen molar-refractivity contribution in [1.29, 1.82) is 0 Å². The van der Waals surface area contributed by atoms with E-state index in [0.717, 1.165) is 6.42 Å². The molecule has 2 aromatic carbocycles. The smallest absolute Gasteiger partial charge is 0.0156 e. The van der Waals surface area contributed by atoms with E-state index in [1.54, 1.807) is 0 Å². The fourth-order valence-electron chi connectivity index (χ4n) is 2.66. The van der Waals surface area contributed by atoms with Gasteiger partial charge in [-0.3, -0.25) is 0 Å². The van der Waals surface area contributed by atoms with Gasteiger partial charge in [0.05, 0.1) is 0 Å². The van der Waals surface area contributed by atoms with E-state index in [0.29, 0.717) is 0 Å². The molecule has 2 rings (SSSR count). The second-order valence-electron chi connectivity index (χ2n) is 6.19. The Morgan fingerprint density at radius 2 is 1.25 bits per heavy atom. The Kier molecular flexibility index (Phi) is 15.6. The summed E-state index contributed by atoms with van der Waals surface area (Å²) < 4.78 is 0. The summed E-state index contributed by atoms with van der Waals surface area (Å²) in [5, 5.41) is 0. The number of aryl methyl sites for hydroxylation is 3. The third-order valence-corrected chi connectivity index (χ3v) is 4.44. The molecule has 0 aromatic heterocycles. The van der Waals surface area contributed by atoms with E-state index in [9.17, 15) is 0 Å². The number of hydrogen-bond acceptors (Lipinski definition) is 0. The lowest BCUT2D eigenvalue weighted by Gasteiger charge is -2.11. The van der Waals surface area contributed by atoms with Crippen molar-refractivity contribution in [2.24, 2.45) is 0 Å². The van der Waals surface area contributed by atoms with Crippen molar-refractivity contribution >= 4 is 17.7 Å². The van der Waals surface area contributed by atoms with E-state index in [-0.39, 0.29) is 0 Å². The zero-order chi connectivity index (χ0) is 22.3. The van der Waals surface area contributed by atoms with Gasteiger partial charge in [0.1, 0.15) is 0 Å². The molecule has 2 aromatic rings. The molecular weight excluding hydrogens is 336 g/mol. The van der Waals surface area contributed by atoms with Crippen LogP contribution in [-0.4, -0.2) is 0 Å². The summed E-state index contributed by atoms with van der Waals surface area (Å²) in [6, 6.07) is 10.7. The molecule has 154 valence electrons. The summed E-state index contributed by atoms with van der Waals surface area (Å²) >= 11 is 0. The van der Waals surface area contributed by atoms with Gasteiger partial charge in [0.25, 0.3) is 0 Å². The molecule has 0 aliphatic heterocycles. The van der Waals surface area contributed by atoms with Crippen molar-refractivity contribution in [3.05, 3.63) is 89.0 Å². The van der Waals surface area contributed by atoms with Crippen LogP contribution in [0, 0.1) is 27.7 Å². The molecule has 0 aliphatic carbocycles. The molecule has 0 saturated heterocycles. The van der Waals surface area contributed by atoms with Gasteiger partial charge in [0.15, 0.2) is 0 Å². The Labute approximate surface area is 175 Å². The molecule has 0 unspecified atom stereocenters. The largest absolute Gasteiger partial charge is 0.0984 e. The van der Waals surface area contributed by atoms with Crippen molar-refractivity contribution in [2.75, 3.05) is 0 Å². The molecule has 0 N–H and O–H groups in total. The van der Waals surface area contributed by atoms with Crippen LogP contribution < -0.4 is 0 Å². The van der Waals surface area contributed by atoms with E-state index < -0.39 is 0 Å². The van der Waals surface area contributed by atoms with Gasteiger partial charge in [-0.15, -0.1) is 0 Å². The molecule has 0 nitrogen and oxygen atoms in total. The summed E-state index contributed by atoms with van der Waals surface area (Å²) in [6.45, 7) is 30.2. The van der Waals surface area contributed by atoms with Crippen LogP contribution in [0.25, 0.3) is 17.7 Å². The van der Waals surface area contributed by atoms with Crippen LogP contribution in [0.2, 0.25) is 0 Å². The summed E-state index contributed by atoms with van der Waals surface area (Å²) in [7, 11) is 0. The van der Waals surface area contributed by atoms with E-state index in [1.807, 2.05) is 39.8 Å². The first-order chi connectivity index (χ1) is 13.3. The average Bonchev–Trinajstić information content (AvgIpc) is 2.73. The molecule has 0 bridgehead atoms. The van der Waals surface area contributed by atoms with Gasteiger partial charge in [0, 0.05) is 0 Å². The number of rotatable bonds is 4. The Morgan fingerprint density at radius 1 is 0.786 bits per heavy atom. The van der Waals surface area contributed by atoms with Crippen LogP contribution in [0.15, 0.2) is 50.1 Å². The Bertz CT molecular complexity index is 728. The van der Waals surface area contributed by atoms with Crippen molar-refractivity contribution in [3.8, 4) is 0 Å². The third-order valence-electron chi connectivity index (χ3n) is 4.44. The number of benzene rings is 2. The second kappa shape index (κ2) is 15.7. The molecule has 0 atom stereocenters. The first-order valence-electron chi connectivity index (χ1n) is 10.5. The second-order valence-corrected chi connectivity index (χ2v) is 6.19. The van der Waals surface area contributed by atoms with Gasteiger partial charge in [-0.2, -0.15) is 0 Å². The van der Waals surface area contributed by atoms with Crippen molar-refractivity contribution in [2.45, 2.75) is 68.7 Å².